The molecule has 2 N–H and O–H groups in total. The van der Waals surface area contributed by atoms with Crippen molar-refractivity contribution in [3.05, 3.63) is 59.0 Å². The fraction of sp³-hybridized carbons (Fsp3) is 0. The van der Waals surface area contributed by atoms with Crippen molar-refractivity contribution in [2.75, 3.05) is 0 Å². The fourth-order valence-electron chi connectivity index (χ4n) is 1.89. The Bertz CT molecular complexity index is 832. The number of phenols is 1. The first-order valence-corrected chi connectivity index (χ1v) is 7.89. The second-order valence-electron chi connectivity index (χ2n) is 4.63. The summed E-state index contributed by atoms with van der Waals surface area (Å²) in [6.45, 7) is 0. The molecule has 1 fully saturated rings. The molecule has 0 atom stereocenters. The summed E-state index contributed by atoms with van der Waals surface area (Å²) in [6, 6.07) is 14.2. The smallest absolute Gasteiger partial charge is 0.263 e. The van der Waals surface area contributed by atoms with Gasteiger partial charge in [0.15, 0.2) is 0 Å². The number of carbonyl (C=O) groups excluding carboxylic acids is 1. The summed E-state index contributed by atoms with van der Waals surface area (Å²) >= 11 is 6.10. The molecular weight excluding hydrogens is 330 g/mol. The van der Waals surface area contributed by atoms with E-state index in [1.54, 1.807) is 18.2 Å². The van der Waals surface area contributed by atoms with E-state index in [1.165, 1.54) is 6.07 Å². The Labute approximate surface area is 142 Å². The zero-order valence-electron chi connectivity index (χ0n) is 11.8. The summed E-state index contributed by atoms with van der Waals surface area (Å²) in [6.07, 6.45) is 1.58. The lowest BCUT2D eigenvalue weighted by molar-refractivity contribution is -0.115. The van der Waals surface area contributed by atoms with E-state index >= 15 is 0 Å². The van der Waals surface area contributed by atoms with E-state index in [4.69, 9.17) is 12.2 Å². The van der Waals surface area contributed by atoms with Gasteiger partial charge in [-0.3, -0.25) is 4.79 Å². The highest BCUT2D eigenvalue weighted by atomic mass is 32.2. The van der Waals surface area contributed by atoms with Gasteiger partial charge in [0.1, 0.15) is 10.1 Å². The molecule has 0 radical (unpaired) electrons. The van der Waals surface area contributed by atoms with Gasteiger partial charge in [0, 0.05) is 5.56 Å². The van der Waals surface area contributed by atoms with E-state index in [0.717, 1.165) is 17.4 Å². The Hall–Kier alpha value is -2.51. The van der Waals surface area contributed by atoms with Crippen LogP contribution in [-0.4, -0.2) is 15.3 Å². The zero-order chi connectivity index (χ0) is 16.2. The number of benzene rings is 2. The van der Waals surface area contributed by atoms with E-state index in [1.807, 2.05) is 30.3 Å². The van der Waals surface area contributed by atoms with Gasteiger partial charge in [0.25, 0.3) is 5.91 Å². The number of nitrogens with one attached hydrogen (secondary N) is 1. The molecule has 0 aromatic heterocycles. The average Bonchev–Trinajstić information content (AvgIpc) is 2.86. The van der Waals surface area contributed by atoms with Gasteiger partial charge in [-0.25, -0.2) is 0 Å². The molecule has 0 bridgehead atoms. The molecule has 23 heavy (non-hydrogen) atoms. The average molecular weight is 341 g/mol. The summed E-state index contributed by atoms with van der Waals surface area (Å²) in [5.74, 6) is -0.210. The van der Waals surface area contributed by atoms with Crippen molar-refractivity contribution in [2.45, 2.75) is 0 Å². The van der Waals surface area contributed by atoms with Crippen LogP contribution in [-0.2, 0) is 4.79 Å². The molecule has 0 spiro atoms. The summed E-state index contributed by atoms with van der Waals surface area (Å²) < 4.78 is 0.403. The molecule has 0 saturated carbocycles. The van der Waals surface area contributed by atoms with E-state index < -0.39 is 0 Å². The molecular formula is C16H11N3O2S2. The normalized spacial score (nSPS) is 16.3. The van der Waals surface area contributed by atoms with Gasteiger partial charge >= 0.3 is 0 Å². The van der Waals surface area contributed by atoms with Gasteiger partial charge in [-0.1, -0.05) is 42.2 Å². The van der Waals surface area contributed by atoms with Crippen LogP contribution < -0.4 is 5.32 Å². The van der Waals surface area contributed by atoms with Crippen molar-refractivity contribution in [3.63, 3.8) is 0 Å². The highest BCUT2D eigenvalue weighted by molar-refractivity contribution is 8.26. The van der Waals surface area contributed by atoms with Crippen molar-refractivity contribution >= 4 is 51.7 Å². The third-order valence-electron chi connectivity index (χ3n) is 2.98. The van der Waals surface area contributed by atoms with Crippen molar-refractivity contribution in [1.29, 1.82) is 0 Å². The van der Waals surface area contributed by atoms with Crippen LogP contribution in [0.25, 0.3) is 6.08 Å². The molecule has 3 rings (SSSR count). The summed E-state index contributed by atoms with van der Waals surface area (Å²) in [5, 5.41) is 20.7. The molecule has 1 saturated heterocycles. The lowest BCUT2D eigenvalue weighted by Crippen LogP contribution is -2.17. The topological polar surface area (TPSA) is 74.0 Å². The number of rotatable bonds is 3. The first-order valence-electron chi connectivity index (χ1n) is 6.66. The van der Waals surface area contributed by atoms with E-state index in [2.05, 4.69) is 15.5 Å². The molecule has 2 aromatic carbocycles. The Balaban J connectivity index is 1.88. The van der Waals surface area contributed by atoms with E-state index in [-0.39, 0.29) is 11.7 Å². The lowest BCUT2D eigenvalue weighted by Gasteiger charge is -2.01. The van der Waals surface area contributed by atoms with Crippen LogP contribution in [0.1, 0.15) is 5.56 Å². The molecule has 0 aliphatic carbocycles. The SMILES string of the molecule is O=C1NC(=S)S/C1=C/c1cc(N=Nc2ccccc2)ccc1O. The molecule has 1 aliphatic heterocycles. The van der Waals surface area contributed by atoms with E-state index in [0.29, 0.717) is 20.5 Å². The molecule has 0 unspecified atom stereocenters. The largest absolute Gasteiger partial charge is 0.507 e. The van der Waals surface area contributed by atoms with Gasteiger partial charge in [-0.15, -0.1) is 0 Å². The lowest BCUT2D eigenvalue weighted by atomic mass is 10.1. The van der Waals surface area contributed by atoms with Gasteiger partial charge in [0.2, 0.25) is 0 Å². The number of hydrogen-bond donors (Lipinski definition) is 2. The molecule has 1 amide bonds. The second kappa shape index (κ2) is 6.72. The monoisotopic (exact) mass is 341 g/mol. The Kier molecular flexibility index (Phi) is 4.50. The number of thiocarbonyl (C=S) groups is 1. The summed E-state index contributed by atoms with van der Waals surface area (Å²) in [5.41, 5.74) is 1.79. The van der Waals surface area contributed by atoms with Gasteiger partial charge in [-0.05, 0) is 36.4 Å². The predicted octanol–water partition coefficient (Wildman–Crippen LogP) is 4.30. The summed E-state index contributed by atoms with van der Waals surface area (Å²) in [4.78, 5) is 12.1. The van der Waals surface area contributed by atoms with Crippen molar-refractivity contribution in [2.24, 2.45) is 10.2 Å². The number of carbonyl (C=O) groups is 1. The van der Waals surface area contributed by atoms with Crippen LogP contribution in [0.2, 0.25) is 0 Å². The maximum absolute atomic E-state index is 11.7. The zero-order valence-corrected chi connectivity index (χ0v) is 13.4. The number of azo groups is 1. The first kappa shape index (κ1) is 15.4. The van der Waals surface area contributed by atoms with E-state index in [9.17, 15) is 9.90 Å². The highest BCUT2D eigenvalue weighted by Gasteiger charge is 2.22. The van der Waals surface area contributed by atoms with Crippen LogP contribution in [0.3, 0.4) is 0 Å². The number of amides is 1. The van der Waals surface area contributed by atoms with Gasteiger partial charge in [-0.2, -0.15) is 10.2 Å². The maximum atomic E-state index is 11.7. The summed E-state index contributed by atoms with van der Waals surface area (Å²) in [7, 11) is 0. The van der Waals surface area contributed by atoms with Crippen LogP contribution in [0.5, 0.6) is 5.75 Å². The Morgan fingerprint density at radius 3 is 2.52 bits per heavy atom. The highest BCUT2D eigenvalue weighted by Crippen LogP contribution is 2.31. The quantitative estimate of drug-likeness (QED) is 0.496. The number of thioether (sulfide) groups is 1. The molecule has 7 heteroatoms. The maximum Gasteiger partial charge on any atom is 0.263 e. The number of phenolic OH excluding ortho intramolecular Hbond substituents is 1. The molecule has 5 nitrogen and oxygen atoms in total. The van der Waals surface area contributed by atoms with Crippen LogP contribution in [0, 0.1) is 0 Å². The van der Waals surface area contributed by atoms with Crippen LogP contribution >= 0.6 is 24.0 Å². The Morgan fingerprint density at radius 2 is 1.83 bits per heavy atom. The van der Waals surface area contributed by atoms with Crippen LogP contribution in [0.4, 0.5) is 11.4 Å². The van der Waals surface area contributed by atoms with Crippen molar-refractivity contribution in [1.82, 2.24) is 5.32 Å². The minimum Gasteiger partial charge on any atom is -0.507 e. The minimum atomic E-state index is -0.268. The first-order chi connectivity index (χ1) is 11.1. The Morgan fingerprint density at radius 1 is 1.09 bits per heavy atom. The van der Waals surface area contributed by atoms with Gasteiger partial charge in [0.05, 0.1) is 16.3 Å². The molecule has 2 aromatic rings. The molecule has 1 aliphatic rings. The van der Waals surface area contributed by atoms with Crippen LogP contribution in [0.15, 0.2) is 63.7 Å². The van der Waals surface area contributed by atoms with Gasteiger partial charge < -0.3 is 10.4 Å². The third-order valence-corrected chi connectivity index (χ3v) is 4.14. The molecule has 1 heterocycles. The van der Waals surface area contributed by atoms with Crippen molar-refractivity contribution in [3.8, 4) is 5.75 Å². The fourth-order valence-corrected chi connectivity index (χ4v) is 2.93. The standard InChI is InChI=1S/C16H11N3O2S2/c20-13-7-6-12(19-18-11-4-2-1-3-5-11)8-10(13)9-14-15(21)17-16(22)23-14/h1-9,20H,(H,17,21,22)/b14-9+,19-18?. The minimum absolute atomic E-state index is 0.0578. The predicted molar refractivity (Wildman–Crippen MR) is 95.0 cm³/mol. The number of hydrogen-bond acceptors (Lipinski definition) is 6. The number of nitrogens with zero attached hydrogens (tertiary/aromatic N) is 2. The van der Waals surface area contributed by atoms with Crippen molar-refractivity contribution < 1.29 is 9.90 Å². The molecule has 114 valence electrons. The number of aromatic hydroxyl groups is 1. The third kappa shape index (κ3) is 3.82. The second-order valence-corrected chi connectivity index (χ2v) is 6.35.